The van der Waals surface area contributed by atoms with E-state index in [0.29, 0.717) is 34.3 Å². The van der Waals surface area contributed by atoms with Crippen LogP contribution in [-0.2, 0) is 18.9 Å². The summed E-state index contributed by atoms with van der Waals surface area (Å²) in [4.78, 5) is 30.2. The fraction of sp³-hybridized carbons (Fsp3) is 0.192. The van der Waals surface area contributed by atoms with Gasteiger partial charge in [-0.2, -0.15) is 0 Å². The number of ether oxygens (including phenoxy) is 2. The molecule has 1 heterocycles. The number of esters is 1. The quantitative estimate of drug-likeness (QED) is 0.282. The topological polar surface area (TPSA) is 94.6 Å². The monoisotopic (exact) mass is 506 g/mol. The second kappa shape index (κ2) is 9.29. The van der Waals surface area contributed by atoms with Gasteiger partial charge in [-0.3, -0.25) is 14.9 Å². The Morgan fingerprint density at radius 3 is 2.20 bits per heavy atom. The van der Waals surface area contributed by atoms with E-state index in [1.165, 1.54) is 11.3 Å². The van der Waals surface area contributed by atoms with E-state index in [1.54, 1.807) is 37.4 Å². The van der Waals surface area contributed by atoms with Gasteiger partial charge in [0.15, 0.2) is 18.9 Å². The van der Waals surface area contributed by atoms with E-state index < -0.39 is 30.8 Å². The summed E-state index contributed by atoms with van der Waals surface area (Å²) in [6.45, 7) is -0.483. The van der Waals surface area contributed by atoms with Gasteiger partial charge >= 0.3 is 5.97 Å². The zero-order chi connectivity index (χ0) is 24.5. The molecule has 0 atom stereocenters. The number of hydrogen-bond acceptors (Lipinski definition) is 7. The Morgan fingerprint density at radius 1 is 1.00 bits per heavy atom. The minimum atomic E-state index is -3.35. The SMILES string of the molecule is COc1ccc2nc(NC(=O)COC(=O)C3(P(=O)(c4ccccc4)c4ccccc4)CC3)sc2c1. The van der Waals surface area contributed by atoms with E-state index in [1.807, 2.05) is 48.5 Å². The predicted octanol–water partition coefficient (Wildman–Crippen LogP) is 4.33. The molecule has 3 aromatic carbocycles. The number of hydrogen-bond donors (Lipinski definition) is 1. The van der Waals surface area contributed by atoms with Crippen molar-refractivity contribution >= 4 is 56.3 Å². The number of methoxy groups -OCH3 is 1. The number of carbonyl (C=O) groups is 2. The van der Waals surface area contributed by atoms with Crippen LogP contribution >= 0.6 is 18.5 Å². The van der Waals surface area contributed by atoms with Crippen LogP contribution in [0.4, 0.5) is 5.13 Å². The van der Waals surface area contributed by atoms with E-state index in [-0.39, 0.29) is 0 Å². The van der Waals surface area contributed by atoms with Crippen molar-refractivity contribution in [2.75, 3.05) is 19.0 Å². The largest absolute Gasteiger partial charge is 0.497 e. The molecular formula is C26H23N2O5PS. The minimum absolute atomic E-state index is 0.398. The van der Waals surface area contributed by atoms with Crippen LogP contribution in [-0.4, -0.2) is 35.7 Å². The molecule has 0 spiro atoms. The van der Waals surface area contributed by atoms with Gasteiger partial charge in [0, 0.05) is 10.6 Å². The van der Waals surface area contributed by atoms with Crippen LogP contribution in [0, 0.1) is 0 Å². The number of amides is 1. The van der Waals surface area contributed by atoms with Crippen LogP contribution in [0.15, 0.2) is 78.9 Å². The van der Waals surface area contributed by atoms with Gasteiger partial charge in [0.05, 0.1) is 17.3 Å². The molecule has 0 aliphatic heterocycles. The molecule has 1 aromatic heterocycles. The lowest BCUT2D eigenvalue weighted by Crippen LogP contribution is -2.36. The molecular weight excluding hydrogens is 483 g/mol. The summed E-state index contributed by atoms with van der Waals surface area (Å²) in [5, 5.41) is 3.13. The average Bonchev–Trinajstić information content (AvgIpc) is 3.62. The summed E-state index contributed by atoms with van der Waals surface area (Å²) >= 11 is 1.30. The third-order valence-electron chi connectivity index (χ3n) is 6.12. The van der Waals surface area contributed by atoms with E-state index in [0.717, 1.165) is 10.2 Å². The maximum atomic E-state index is 14.6. The van der Waals surface area contributed by atoms with Crippen LogP contribution < -0.4 is 20.7 Å². The number of nitrogens with zero attached hydrogens (tertiary/aromatic N) is 1. The Bertz CT molecular complexity index is 1390. The van der Waals surface area contributed by atoms with Gasteiger partial charge in [-0.25, -0.2) is 4.98 Å². The maximum Gasteiger partial charge on any atom is 0.320 e. The minimum Gasteiger partial charge on any atom is -0.497 e. The van der Waals surface area contributed by atoms with Crippen molar-refractivity contribution in [3.8, 4) is 5.75 Å². The summed E-state index contributed by atoms with van der Waals surface area (Å²) in [7, 11) is -1.77. The van der Waals surface area contributed by atoms with Gasteiger partial charge < -0.3 is 14.0 Å². The average molecular weight is 507 g/mol. The molecule has 7 nitrogen and oxygen atoms in total. The van der Waals surface area contributed by atoms with Gasteiger partial charge in [0.2, 0.25) is 0 Å². The Labute approximate surface area is 206 Å². The molecule has 1 saturated carbocycles. The van der Waals surface area contributed by atoms with E-state index in [9.17, 15) is 14.2 Å². The van der Waals surface area contributed by atoms with Crippen molar-refractivity contribution in [2.24, 2.45) is 0 Å². The first-order valence-corrected chi connectivity index (χ1v) is 13.6. The summed E-state index contributed by atoms with van der Waals surface area (Å²) in [6.07, 6.45) is 0.877. The Kier molecular flexibility index (Phi) is 6.17. The third kappa shape index (κ3) is 4.24. The van der Waals surface area contributed by atoms with Gasteiger partial charge in [-0.05, 0) is 31.0 Å². The molecule has 1 aliphatic rings. The number of benzene rings is 3. The number of carbonyl (C=O) groups excluding carboxylic acids is 2. The van der Waals surface area contributed by atoms with Gasteiger partial charge in [0.1, 0.15) is 10.9 Å². The number of anilines is 1. The molecule has 1 N–H and O–H groups in total. The van der Waals surface area contributed by atoms with E-state index in [4.69, 9.17) is 9.47 Å². The van der Waals surface area contributed by atoms with Crippen molar-refractivity contribution in [3.05, 3.63) is 78.9 Å². The van der Waals surface area contributed by atoms with Crippen LogP contribution in [0.5, 0.6) is 5.75 Å². The fourth-order valence-electron chi connectivity index (χ4n) is 4.19. The first-order valence-electron chi connectivity index (χ1n) is 11.1. The molecule has 4 aromatic rings. The highest BCUT2D eigenvalue weighted by molar-refractivity contribution is 7.81. The highest BCUT2D eigenvalue weighted by Crippen LogP contribution is 2.68. The van der Waals surface area contributed by atoms with Crippen molar-refractivity contribution in [3.63, 3.8) is 0 Å². The Morgan fingerprint density at radius 2 is 1.63 bits per heavy atom. The molecule has 9 heteroatoms. The number of aromatic nitrogens is 1. The van der Waals surface area contributed by atoms with Gasteiger partial charge in [-0.1, -0.05) is 72.0 Å². The zero-order valence-electron chi connectivity index (χ0n) is 19.0. The van der Waals surface area contributed by atoms with E-state index in [2.05, 4.69) is 10.3 Å². The molecule has 1 amide bonds. The highest BCUT2D eigenvalue weighted by Gasteiger charge is 2.65. The molecule has 5 rings (SSSR count). The van der Waals surface area contributed by atoms with Gasteiger partial charge in [-0.15, -0.1) is 0 Å². The number of rotatable bonds is 8. The molecule has 1 fully saturated rings. The molecule has 0 radical (unpaired) electrons. The summed E-state index contributed by atoms with van der Waals surface area (Å²) in [5.74, 6) is -0.420. The van der Waals surface area contributed by atoms with E-state index >= 15 is 0 Å². The second-order valence-corrected chi connectivity index (χ2v) is 12.4. The number of thiazole rings is 1. The second-order valence-electron chi connectivity index (χ2n) is 8.29. The van der Waals surface area contributed by atoms with Crippen molar-refractivity contribution < 1.29 is 23.6 Å². The first kappa shape index (κ1) is 23.3. The lowest BCUT2D eigenvalue weighted by Gasteiger charge is -2.27. The molecule has 0 saturated heterocycles. The fourth-order valence-corrected chi connectivity index (χ4v) is 8.64. The Hall–Kier alpha value is -3.48. The van der Waals surface area contributed by atoms with Crippen molar-refractivity contribution in [1.29, 1.82) is 0 Å². The van der Waals surface area contributed by atoms with Crippen molar-refractivity contribution in [2.45, 2.75) is 18.0 Å². The first-order chi connectivity index (χ1) is 17.0. The molecule has 35 heavy (non-hydrogen) atoms. The Balaban J connectivity index is 1.32. The molecule has 178 valence electrons. The van der Waals surface area contributed by atoms with Crippen LogP contribution in [0.3, 0.4) is 0 Å². The molecule has 1 aliphatic carbocycles. The summed E-state index contributed by atoms with van der Waals surface area (Å²) < 4.78 is 26.1. The zero-order valence-corrected chi connectivity index (χ0v) is 20.7. The normalized spacial score (nSPS) is 14.3. The van der Waals surface area contributed by atoms with Crippen molar-refractivity contribution in [1.82, 2.24) is 4.98 Å². The van der Waals surface area contributed by atoms with Crippen LogP contribution in [0.2, 0.25) is 0 Å². The lowest BCUT2D eigenvalue weighted by atomic mass is 10.3. The lowest BCUT2D eigenvalue weighted by molar-refractivity contribution is -0.147. The summed E-state index contributed by atoms with van der Waals surface area (Å²) in [6, 6.07) is 23.5. The van der Waals surface area contributed by atoms with Gasteiger partial charge in [0.25, 0.3) is 5.91 Å². The maximum absolute atomic E-state index is 14.6. The predicted molar refractivity (Wildman–Crippen MR) is 137 cm³/mol. The third-order valence-corrected chi connectivity index (χ3v) is 10.9. The van der Waals surface area contributed by atoms with Crippen LogP contribution in [0.1, 0.15) is 12.8 Å². The number of fused-ring (bicyclic) bond motifs is 1. The smallest absolute Gasteiger partial charge is 0.320 e. The molecule has 0 unspecified atom stereocenters. The number of nitrogens with one attached hydrogen (secondary N) is 1. The standard InChI is InChI=1S/C26H23N2O5PS/c1-32-18-12-13-21-22(16-18)35-25(27-21)28-23(29)17-33-24(30)26(14-15-26)34(31,19-8-4-2-5-9-19)20-10-6-3-7-11-20/h2-13,16H,14-15,17H2,1H3,(H,27,28,29). The molecule has 0 bridgehead atoms. The van der Waals surface area contributed by atoms with Crippen LogP contribution in [0.25, 0.3) is 10.2 Å². The highest BCUT2D eigenvalue weighted by atomic mass is 32.1. The summed E-state index contributed by atoms with van der Waals surface area (Å²) in [5.41, 5.74) is 0.728.